The van der Waals surface area contributed by atoms with Gasteiger partial charge in [-0.1, -0.05) is 183 Å². The number of rotatable bonds is 3. The van der Waals surface area contributed by atoms with Crippen molar-refractivity contribution in [2.75, 3.05) is 39.0 Å². The van der Waals surface area contributed by atoms with Crippen molar-refractivity contribution in [3.63, 3.8) is 0 Å². The lowest BCUT2D eigenvalue weighted by Crippen LogP contribution is -2.11. The molecule has 12 aromatic rings. The van der Waals surface area contributed by atoms with Crippen molar-refractivity contribution in [3.05, 3.63) is 383 Å². The molecule has 12 aliphatic rings. The lowest BCUT2D eigenvalue weighted by molar-refractivity contribution is -0.116. The normalized spacial score (nSPS) is 15.9. The SMILES string of the molecule is C=Cc1ccc2c(c1)C1=C(CC(=O)N2)c2cc(C)ccc2C1.COc1ccc2c(c1)C1=C(CC(=O)N2)c2cc(C)ccc2C1.Cc1ccc2c(c1)C1=C(C2)c2cc(Br)ccc2NC(=O)C1.Cc1ccc2c(c1)C1=C(C2)c2cc(C(F)F)ccc2NC(=O)C1.Cc1ccc2c(c1)C1=C(C2)c2cc(F)ccc2NC(=O)C1.Cc1ccc2c(c1)C1=C(C2)c2cc(I)ccc2NC(=O)C1. The molecule has 6 heterocycles. The number of fused-ring (bicyclic) bond motifs is 24. The molecule has 12 aromatic carbocycles. The van der Waals surface area contributed by atoms with Crippen LogP contribution >= 0.6 is 38.5 Å². The van der Waals surface area contributed by atoms with E-state index in [-0.39, 0.29) is 53.2 Å². The molecule has 0 unspecified atom stereocenters. The van der Waals surface area contributed by atoms with E-state index >= 15 is 0 Å². The van der Waals surface area contributed by atoms with Crippen LogP contribution in [-0.4, -0.2) is 42.6 Å². The third kappa shape index (κ3) is 17.0. The third-order valence-electron chi connectivity index (χ3n) is 26.3. The molecule has 6 aliphatic carbocycles. The molecule has 6 N–H and O–H groups in total. The molecular formula is C112H91BrF3IN6O7. The first kappa shape index (κ1) is 85.9. The zero-order chi connectivity index (χ0) is 90.4. The Kier molecular flexibility index (Phi) is 23.2. The van der Waals surface area contributed by atoms with Gasteiger partial charge < -0.3 is 36.6 Å². The average Bonchev–Trinajstić information content (AvgIpc) is 1.60. The van der Waals surface area contributed by atoms with Crippen molar-refractivity contribution >= 4 is 181 Å². The maximum atomic E-state index is 13.6. The van der Waals surface area contributed by atoms with E-state index in [1.54, 1.807) is 19.2 Å². The number of halogens is 5. The molecule has 0 saturated carbocycles. The molecule has 0 saturated heterocycles. The van der Waals surface area contributed by atoms with E-state index < -0.39 is 6.43 Å². The van der Waals surface area contributed by atoms with Gasteiger partial charge in [0.2, 0.25) is 35.4 Å². The summed E-state index contributed by atoms with van der Waals surface area (Å²) in [6.07, 6.45) is 6.81. The Morgan fingerprint density at radius 3 is 0.908 bits per heavy atom. The van der Waals surface area contributed by atoms with Crippen molar-refractivity contribution < 1.29 is 46.7 Å². The van der Waals surface area contributed by atoms with Gasteiger partial charge in [-0.05, 0) is 339 Å². The van der Waals surface area contributed by atoms with Gasteiger partial charge in [0, 0.05) is 81.1 Å². The molecule has 6 amide bonds. The molecule has 646 valence electrons. The minimum Gasteiger partial charge on any atom is -0.497 e. The molecule has 6 aliphatic heterocycles. The van der Waals surface area contributed by atoms with Gasteiger partial charge in [0.1, 0.15) is 11.6 Å². The quantitative estimate of drug-likeness (QED) is 0.0951. The standard InChI is InChI=1S/C20H17NO.C19H15F2NO.C19H17NO2.C18H14BrNO.C18H14FNO.C18H14INO/c1-3-13-5-7-19-18(9-13)16-10-14-6-4-12(2)8-15(14)17(16)11-20(22)21-19;1-10-2-3-11-7-14-15(13(11)6-10)9-18(23)22-17-5-4-12(19(20)21)8-16(14)17;1-11-3-4-12-8-15-16(14(12)7-11)10-19(21)20-18-6-5-13(22-2)9-17(15)18;3*1-10-2-3-11-7-14-15(13(11)6-10)9-18(21)20-17-5-4-12(19)8-16(14)17/h3-9H,1,10-11H2,2H3,(H,21,22);2-6,8,19H,7,9H2,1H3,(H,22,23);3-7,9H,8,10H2,1-2H3,(H,20,21);3*2-6,8H,7,9H2,1H3,(H,20,21). The van der Waals surface area contributed by atoms with Crippen molar-refractivity contribution in [2.24, 2.45) is 0 Å². The third-order valence-corrected chi connectivity index (χ3v) is 27.5. The topological polar surface area (TPSA) is 184 Å². The number of carbonyl (C=O) groups excluding carboxylic acids is 6. The number of anilines is 6. The second-order valence-corrected chi connectivity index (χ2v) is 37.4. The second kappa shape index (κ2) is 35.1. The van der Waals surface area contributed by atoms with Crippen LogP contribution in [0.4, 0.5) is 47.3 Å². The monoisotopic (exact) mass is 1890 g/mol. The summed E-state index contributed by atoms with van der Waals surface area (Å²) in [6, 6.07) is 71.9. The van der Waals surface area contributed by atoms with E-state index in [4.69, 9.17) is 4.74 Å². The minimum absolute atomic E-state index is 0.0149. The van der Waals surface area contributed by atoms with E-state index in [1.807, 2.05) is 80.6 Å². The Morgan fingerprint density at radius 1 is 0.308 bits per heavy atom. The summed E-state index contributed by atoms with van der Waals surface area (Å²) < 4.78 is 47.4. The zero-order valence-corrected chi connectivity index (χ0v) is 76.6. The largest absolute Gasteiger partial charge is 0.497 e. The number of allylic oxidation sites excluding steroid dienone is 6. The van der Waals surface area contributed by atoms with Gasteiger partial charge in [-0.2, -0.15) is 0 Å². The highest BCUT2D eigenvalue weighted by molar-refractivity contribution is 14.1. The maximum absolute atomic E-state index is 13.6. The van der Waals surface area contributed by atoms with Gasteiger partial charge in [0.05, 0.1) is 45.6 Å². The van der Waals surface area contributed by atoms with Crippen molar-refractivity contribution in [1.29, 1.82) is 0 Å². The van der Waals surface area contributed by atoms with Gasteiger partial charge >= 0.3 is 0 Å². The Balaban J connectivity index is 0.000000101. The first-order valence-corrected chi connectivity index (χ1v) is 45.5. The number of carbonyl (C=O) groups is 6. The molecule has 130 heavy (non-hydrogen) atoms. The number of alkyl halides is 2. The van der Waals surface area contributed by atoms with Gasteiger partial charge in [0.25, 0.3) is 6.43 Å². The van der Waals surface area contributed by atoms with Crippen LogP contribution in [0.5, 0.6) is 5.75 Å². The summed E-state index contributed by atoms with van der Waals surface area (Å²) in [5.41, 5.74) is 48.0. The molecular weight excluding hydrogens is 1810 g/mol. The van der Waals surface area contributed by atoms with Crippen LogP contribution in [0.15, 0.2) is 229 Å². The minimum atomic E-state index is -2.52. The highest BCUT2D eigenvalue weighted by atomic mass is 127. The van der Waals surface area contributed by atoms with Crippen LogP contribution in [0.1, 0.15) is 190 Å². The summed E-state index contributed by atoms with van der Waals surface area (Å²) in [5.74, 6) is 0.655. The maximum Gasteiger partial charge on any atom is 0.263 e. The smallest absolute Gasteiger partial charge is 0.263 e. The number of hydrogen-bond acceptors (Lipinski definition) is 7. The first-order chi connectivity index (χ1) is 62.7. The Hall–Kier alpha value is -13.6. The van der Waals surface area contributed by atoms with Gasteiger partial charge in [-0.25, -0.2) is 13.2 Å². The Bertz CT molecular complexity index is 6890. The molecule has 24 rings (SSSR count). The van der Waals surface area contributed by atoms with E-state index in [1.165, 1.54) is 150 Å². The molecule has 0 spiro atoms. The van der Waals surface area contributed by atoms with Crippen molar-refractivity contribution in [2.45, 2.75) is 125 Å². The average molecular weight is 1900 g/mol. The highest BCUT2D eigenvalue weighted by Crippen LogP contribution is 2.53. The summed E-state index contributed by atoms with van der Waals surface area (Å²) >= 11 is 5.87. The van der Waals surface area contributed by atoms with E-state index in [0.717, 1.165) is 149 Å². The van der Waals surface area contributed by atoms with Crippen molar-refractivity contribution in [1.82, 2.24) is 0 Å². The zero-order valence-electron chi connectivity index (χ0n) is 72.9. The van der Waals surface area contributed by atoms with Crippen LogP contribution in [0, 0.1) is 50.9 Å². The molecule has 13 nitrogen and oxygen atoms in total. The Morgan fingerprint density at radius 2 is 0.577 bits per heavy atom. The Labute approximate surface area is 775 Å². The highest BCUT2D eigenvalue weighted by Gasteiger charge is 2.37. The summed E-state index contributed by atoms with van der Waals surface area (Å²) in [7, 11) is 1.67. The van der Waals surface area contributed by atoms with Crippen molar-refractivity contribution in [3.8, 4) is 5.75 Å². The van der Waals surface area contributed by atoms with E-state index in [2.05, 4.69) is 226 Å². The summed E-state index contributed by atoms with van der Waals surface area (Å²) in [4.78, 5) is 73.3. The number of benzene rings is 12. The van der Waals surface area contributed by atoms with Crippen LogP contribution in [0.3, 0.4) is 0 Å². The van der Waals surface area contributed by atoms with Gasteiger partial charge in [0.15, 0.2) is 0 Å². The lowest BCUT2D eigenvalue weighted by atomic mass is 9.96. The number of ether oxygens (including phenoxy) is 1. The molecule has 0 aromatic heterocycles. The molecule has 0 atom stereocenters. The fraction of sp³-hybridized carbons (Fsp3) is 0.179. The number of hydrogen-bond donors (Lipinski definition) is 6. The molecule has 0 radical (unpaired) electrons. The fourth-order valence-corrected chi connectivity index (χ4v) is 21.0. The van der Waals surface area contributed by atoms with Gasteiger partial charge in [-0.15, -0.1) is 0 Å². The van der Waals surface area contributed by atoms with Crippen LogP contribution in [0.25, 0.3) is 73.0 Å². The van der Waals surface area contributed by atoms with Crippen LogP contribution in [0.2, 0.25) is 0 Å². The van der Waals surface area contributed by atoms with E-state index in [0.29, 0.717) is 49.9 Å². The number of aryl methyl sites for hydroxylation is 6. The number of nitrogens with one attached hydrogen (secondary N) is 6. The summed E-state index contributed by atoms with van der Waals surface area (Å²) in [6.45, 7) is 16.3. The van der Waals surface area contributed by atoms with Crippen LogP contribution in [-0.2, 0) is 67.3 Å². The fourth-order valence-electron chi connectivity index (χ4n) is 20.1. The predicted molar refractivity (Wildman–Crippen MR) is 530 cm³/mol. The molecule has 18 heteroatoms. The van der Waals surface area contributed by atoms with Crippen LogP contribution < -0.4 is 36.6 Å². The first-order valence-electron chi connectivity index (χ1n) is 43.7. The number of methoxy groups -OCH3 is 1. The number of amides is 6. The predicted octanol–water partition coefficient (Wildman–Crippen LogP) is 25.9. The van der Waals surface area contributed by atoms with Gasteiger partial charge in [-0.3, -0.25) is 28.8 Å². The second-order valence-electron chi connectivity index (χ2n) is 35.2. The molecule has 0 fully saturated rings. The molecule has 0 bridgehead atoms. The summed E-state index contributed by atoms with van der Waals surface area (Å²) in [5, 5.41) is 17.8. The lowest BCUT2D eigenvalue weighted by Gasteiger charge is -2.12. The van der Waals surface area contributed by atoms with E-state index in [9.17, 15) is 41.9 Å².